The van der Waals surface area contributed by atoms with Gasteiger partial charge in [0, 0.05) is 19.0 Å². The summed E-state index contributed by atoms with van der Waals surface area (Å²) in [5.74, 6) is 5.27. The minimum Gasteiger partial charge on any atom is -0.395 e. The van der Waals surface area contributed by atoms with Gasteiger partial charge >= 0.3 is 0 Å². The van der Waals surface area contributed by atoms with E-state index in [0.717, 1.165) is 18.7 Å². The van der Waals surface area contributed by atoms with Crippen LogP contribution in [0.4, 0.5) is 4.39 Å². The molecule has 0 unspecified atom stereocenters. The van der Waals surface area contributed by atoms with Gasteiger partial charge in [-0.05, 0) is 37.1 Å². The minimum atomic E-state index is -0.288. The van der Waals surface area contributed by atoms with E-state index in [1.807, 2.05) is 12.1 Å². The van der Waals surface area contributed by atoms with Gasteiger partial charge in [0.25, 0.3) is 0 Å². The van der Waals surface area contributed by atoms with Crippen molar-refractivity contribution in [1.29, 1.82) is 0 Å². The predicted molar refractivity (Wildman–Crippen MR) is 74.1 cm³/mol. The molecule has 1 saturated carbocycles. The molecule has 0 spiro atoms. The molecule has 0 aliphatic heterocycles. The van der Waals surface area contributed by atoms with Crippen LogP contribution in [0.15, 0.2) is 18.2 Å². The number of aliphatic hydroxyl groups is 1. The molecular weight excluding hydrogens is 241 g/mol. The van der Waals surface area contributed by atoms with Gasteiger partial charge in [-0.1, -0.05) is 24.8 Å². The highest BCUT2D eigenvalue weighted by Gasteiger charge is 2.27. The Labute approximate surface area is 114 Å². The Kier molecular flexibility index (Phi) is 4.95. The third kappa shape index (κ3) is 4.05. The van der Waals surface area contributed by atoms with Gasteiger partial charge in [0.2, 0.25) is 0 Å². The lowest BCUT2D eigenvalue weighted by atomic mass is 10.1. The molecule has 1 aliphatic rings. The molecule has 2 nitrogen and oxygen atoms in total. The van der Waals surface area contributed by atoms with Crippen LogP contribution < -0.4 is 0 Å². The minimum absolute atomic E-state index is 0.0135. The first-order valence-corrected chi connectivity index (χ1v) is 6.86. The summed E-state index contributed by atoms with van der Waals surface area (Å²) in [5.41, 5.74) is 1.53. The highest BCUT2D eigenvalue weighted by molar-refractivity contribution is 5.38. The quantitative estimate of drug-likeness (QED) is 0.823. The molecule has 3 heteroatoms. The highest BCUT2D eigenvalue weighted by Crippen LogP contribution is 2.28. The summed E-state index contributed by atoms with van der Waals surface area (Å²) in [6.45, 7) is 4.05. The van der Waals surface area contributed by atoms with Crippen LogP contribution in [-0.2, 0) is 6.54 Å². The van der Waals surface area contributed by atoms with Gasteiger partial charge in [0.15, 0.2) is 0 Å². The molecule has 0 radical (unpaired) electrons. The Morgan fingerprint density at radius 3 is 2.84 bits per heavy atom. The maximum atomic E-state index is 13.6. The molecule has 1 N–H and O–H groups in total. The van der Waals surface area contributed by atoms with E-state index < -0.39 is 0 Å². The lowest BCUT2D eigenvalue weighted by molar-refractivity contribution is 0.269. The zero-order chi connectivity index (χ0) is 13.7. The van der Waals surface area contributed by atoms with E-state index >= 15 is 0 Å². The molecule has 1 fully saturated rings. The average Bonchev–Trinajstić information content (AvgIpc) is 3.24. The molecule has 0 heterocycles. The van der Waals surface area contributed by atoms with Gasteiger partial charge in [-0.15, -0.1) is 0 Å². The van der Waals surface area contributed by atoms with Crippen molar-refractivity contribution >= 4 is 0 Å². The Hall–Kier alpha value is -1.37. The maximum absolute atomic E-state index is 13.6. The van der Waals surface area contributed by atoms with E-state index in [0.29, 0.717) is 18.0 Å². The summed E-state index contributed by atoms with van der Waals surface area (Å²) in [5, 5.41) is 8.68. The molecule has 0 saturated heterocycles. The standard InChI is InChI=1S/C16H20FNO/c1-2-18(15-7-8-15)12-13-6-9-16(17)14(11-13)5-3-4-10-19/h6,9,11,15,19H,2,4,7-8,10,12H2,1H3. The van der Waals surface area contributed by atoms with E-state index in [1.165, 1.54) is 18.9 Å². The van der Waals surface area contributed by atoms with Crippen LogP contribution in [0.1, 0.15) is 37.3 Å². The lowest BCUT2D eigenvalue weighted by Gasteiger charge is -2.19. The first kappa shape index (κ1) is 14.0. The fraction of sp³-hybridized carbons (Fsp3) is 0.500. The number of benzene rings is 1. The molecule has 0 atom stereocenters. The average molecular weight is 261 g/mol. The first-order valence-electron chi connectivity index (χ1n) is 6.86. The maximum Gasteiger partial charge on any atom is 0.138 e. The summed E-state index contributed by atoms with van der Waals surface area (Å²) >= 11 is 0. The van der Waals surface area contributed by atoms with Gasteiger partial charge in [0.05, 0.1) is 12.2 Å². The van der Waals surface area contributed by atoms with E-state index in [2.05, 4.69) is 23.7 Å². The topological polar surface area (TPSA) is 23.5 Å². The number of hydrogen-bond donors (Lipinski definition) is 1. The summed E-state index contributed by atoms with van der Waals surface area (Å²) in [4.78, 5) is 2.41. The van der Waals surface area contributed by atoms with Crippen molar-refractivity contribution in [2.24, 2.45) is 0 Å². The van der Waals surface area contributed by atoms with Crippen molar-refractivity contribution in [2.75, 3.05) is 13.2 Å². The Morgan fingerprint density at radius 2 is 2.21 bits per heavy atom. The molecule has 0 amide bonds. The summed E-state index contributed by atoms with van der Waals surface area (Å²) < 4.78 is 13.6. The molecule has 0 aromatic heterocycles. The van der Waals surface area contributed by atoms with Crippen molar-refractivity contribution in [2.45, 2.75) is 38.8 Å². The van der Waals surface area contributed by atoms with Crippen molar-refractivity contribution < 1.29 is 9.50 Å². The third-order valence-electron chi connectivity index (χ3n) is 3.35. The zero-order valence-electron chi connectivity index (χ0n) is 11.3. The summed E-state index contributed by atoms with van der Waals surface area (Å²) in [7, 11) is 0. The second-order valence-corrected chi connectivity index (χ2v) is 4.88. The lowest BCUT2D eigenvalue weighted by Crippen LogP contribution is -2.25. The van der Waals surface area contributed by atoms with Crippen molar-refractivity contribution in [3.05, 3.63) is 35.1 Å². The van der Waals surface area contributed by atoms with Crippen molar-refractivity contribution in [3.8, 4) is 11.8 Å². The zero-order valence-corrected chi connectivity index (χ0v) is 11.3. The van der Waals surface area contributed by atoms with Gasteiger partial charge < -0.3 is 5.11 Å². The highest BCUT2D eigenvalue weighted by atomic mass is 19.1. The van der Waals surface area contributed by atoms with Crippen LogP contribution in [0.2, 0.25) is 0 Å². The fourth-order valence-electron chi connectivity index (χ4n) is 2.15. The number of halogens is 1. The Bertz CT molecular complexity index is 485. The largest absolute Gasteiger partial charge is 0.395 e. The van der Waals surface area contributed by atoms with E-state index in [1.54, 1.807) is 0 Å². The van der Waals surface area contributed by atoms with Gasteiger partial charge in [0.1, 0.15) is 5.82 Å². The molecule has 19 heavy (non-hydrogen) atoms. The summed E-state index contributed by atoms with van der Waals surface area (Å²) in [6.07, 6.45) is 2.93. The summed E-state index contributed by atoms with van der Waals surface area (Å²) in [6, 6.07) is 5.85. The second kappa shape index (κ2) is 6.70. The van der Waals surface area contributed by atoms with E-state index in [4.69, 9.17) is 5.11 Å². The number of aliphatic hydroxyl groups excluding tert-OH is 1. The first-order chi connectivity index (χ1) is 9.24. The molecule has 1 aliphatic carbocycles. The monoisotopic (exact) mass is 261 g/mol. The van der Waals surface area contributed by atoms with Gasteiger partial charge in [-0.25, -0.2) is 4.39 Å². The van der Waals surface area contributed by atoms with E-state index in [9.17, 15) is 4.39 Å². The number of hydrogen-bond acceptors (Lipinski definition) is 2. The third-order valence-corrected chi connectivity index (χ3v) is 3.35. The van der Waals surface area contributed by atoms with Crippen LogP contribution in [-0.4, -0.2) is 29.2 Å². The second-order valence-electron chi connectivity index (χ2n) is 4.88. The molecule has 2 rings (SSSR count). The number of nitrogens with zero attached hydrogens (tertiary/aromatic N) is 1. The van der Waals surface area contributed by atoms with Crippen LogP contribution in [0.3, 0.4) is 0 Å². The normalized spacial score (nSPS) is 14.3. The molecule has 0 bridgehead atoms. The van der Waals surface area contributed by atoms with Crippen LogP contribution >= 0.6 is 0 Å². The molecule has 1 aromatic rings. The predicted octanol–water partition coefficient (Wildman–Crippen LogP) is 2.54. The van der Waals surface area contributed by atoms with Crippen LogP contribution in [0.25, 0.3) is 0 Å². The Morgan fingerprint density at radius 1 is 1.42 bits per heavy atom. The van der Waals surface area contributed by atoms with Crippen molar-refractivity contribution in [3.63, 3.8) is 0 Å². The van der Waals surface area contributed by atoms with E-state index in [-0.39, 0.29) is 12.4 Å². The molecular formula is C16H20FNO. The van der Waals surface area contributed by atoms with Crippen LogP contribution in [0.5, 0.6) is 0 Å². The van der Waals surface area contributed by atoms with Gasteiger partial charge in [-0.2, -0.15) is 0 Å². The SMILES string of the molecule is CCN(Cc1ccc(F)c(C#CCCO)c1)C1CC1. The van der Waals surface area contributed by atoms with Gasteiger partial charge in [-0.3, -0.25) is 4.90 Å². The Balaban J connectivity index is 2.09. The van der Waals surface area contributed by atoms with Crippen LogP contribution in [0, 0.1) is 17.7 Å². The van der Waals surface area contributed by atoms with Crippen molar-refractivity contribution in [1.82, 2.24) is 4.90 Å². The number of rotatable bonds is 5. The molecule has 1 aromatic carbocycles. The molecule has 102 valence electrons. The fourth-order valence-corrected chi connectivity index (χ4v) is 2.15. The smallest absolute Gasteiger partial charge is 0.138 e.